The molecule has 2 N–H and O–H groups in total. The first-order valence-electron chi connectivity index (χ1n) is 5.05. The minimum atomic E-state index is -0.906. The summed E-state index contributed by atoms with van der Waals surface area (Å²) >= 11 is 0. The molecule has 5 heteroatoms. The molecule has 2 fully saturated rings. The molecular weight excluding hydrogens is 198 g/mol. The van der Waals surface area contributed by atoms with E-state index in [0.29, 0.717) is 12.8 Å². The van der Waals surface area contributed by atoms with Crippen LogP contribution in [0.15, 0.2) is 0 Å². The summed E-state index contributed by atoms with van der Waals surface area (Å²) < 4.78 is 5.65. The van der Waals surface area contributed by atoms with Crippen molar-refractivity contribution in [3.63, 3.8) is 0 Å². The van der Waals surface area contributed by atoms with Crippen LogP contribution in [-0.2, 0) is 4.74 Å². The molecule has 1 saturated carbocycles. The van der Waals surface area contributed by atoms with Gasteiger partial charge in [0, 0.05) is 6.00 Å². The van der Waals surface area contributed by atoms with Crippen LogP contribution in [0.4, 0.5) is 0 Å². The Hall–Kier alpha value is 0.375. The highest BCUT2D eigenvalue weighted by atomic mass is 31.0. The Morgan fingerprint density at radius 1 is 1.43 bits per heavy atom. The predicted molar refractivity (Wildman–Crippen MR) is 58.1 cm³/mol. The molecule has 0 amide bonds. The van der Waals surface area contributed by atoms with E-state index in [2.05, 4.69) is 9.12 Å². The summed E-state index contributed by atoms with van der Waals surface area (Å²) in [5.41, 5.74) is -1.74. The van der Waals surface area contributed by atoms with Crippen LogP contribution in [0.1, 0.15) is 26.7 Å². The Morgan fingerprint density at radius 3 is 2.57 bits per heavy atom. The molecule has 0 aromatic carbocycles. The van der Waals surface area contributed by atoms with E-state index in [1.165, 1.54) is 0 Å². The van der Waals surface area contributed by atoms with Crippen molar-refractivity contribution >= 4 is 16.1 Å². The fourth-order valence-corrected chi connectivity index (χ4v) is 3.01. The summed E-state index contributed by atoms with van der Waals surface area (Å²) in [6.07, 6.45) is 0.785. The van der Waals surface area contributed by atoms with E-state index in [9.17, 15) is 10.2 Å². The molecule has 1 saturated heterocycles. The molecule has 0 aromatic rings. The molecule has 1 heterocycles. The minimum absolute atomic E-state index is 0.0472. The zero-order chi connectivity index (χ0) is 10.6. The zero-order valence-corrected chi connectivity index (χ0v) is 9.76. The molecule has 0 bridgehead atoms. The summed E-state index contributed by atoms with van der Waals surface area (Å²) in [6, 6.07) is -0.0472. The van der Waals surface area contributed by atoms with E-state index in [1.54, 1.807) is 6.92 Å². The van der Waals surface area contributed by atoms with Gasteiger partial charge in [-0.15, -0.1) is 0 Å². The first-order chi connectivity index (χ1) is 6.40. The van der Waals surface area contributed by atoms with Gasteiger partial charge < -0.3 is 14.9 Å². The van der Waals surface area contributed by atoms with Gasteiger partial charge in [-0.3, -0.25) is 0 Å². The van der Waals surface area contributed by atoms with Crippen LogP contribution in [-0.4, -0.2) is 40.5 Å². The highest BCUT2D eigenvalue weighted by Crippen LogP contribution is 2.50. The SMILES string of the molecule is C[C@H]1C[C@]2(O)C[C@H]([B]P)O[C@@H]2[C@]1(C)O. The summed E-state index contributed by atoms with van der Waals surface area (Å²) in [7, 11) is 2.50. The van der Waals surface area contributed by atoms with E-state index in [0.717, 1.165) is 0 Å². The molecule has 1 unspecified atom stereocenters. The molecule has 1 aliphatic carbocycles. The lowest BCUT2D eigenvalue weighted by Crippen LogP contribution is -2.46. The number of hydrogen-bond donors (Lipinski definition) is 2. The van der Waals surface area contributed by atoms with E-state index in [1.807, 2.05) is 13.9 Å². The molecule has 6 atom stereocenters. The maximum atomic E-state index is 10.3. The summed E-state index contributed by atoms with van der Waals surface area (Å²) in [5.74, 6) is 0.0861. The molecule has 0 aromatic heterocycles. The Labute approximate surface area is 87.6 Å². The van der Waals surface area contributed by atoms with Gasteiger partial charge in [-0.1, -0.05) is 6.92 Å². The third kappa shape index (κ3) is 1.36. The van der Waals surface area contributed by atoms with Gasteiger partial charge in [0.05, 0.1) is 11.2 Å². The lowest BCUT2D eigenvalue weighted by Gasteiger charge is -2.30. The fourth-order valence-electron chi connectivity index (χ4n) is 2.79. The van der Waals surface area contributed by atoms with Crippen molar-refractivity contribution in [1.82, 2.24) is 0 Å². The molecule has 79 valence electrons. The lowest BCUT2D eigenvalue weighted by molar-refractivity contribution is -0.116. The summed E-state index contributed by atoms with van der Waals surface area (Å²) in [5, 5.41) is 20.5. The van der Waals surface area contributed by atoms with Crippen LogP contribution in [0.5, 0.6) is 0 Å². The van der Waals surface area contributed by atoms with Gasteiger partial charge in [-0.25, -0.2) is 0 Å². The maximum absolute atomic E-state index is 10.3. The molecule has 3 nitrogen and oxygen atoms in total. The van der Waals surface area contributed by atoms with Crippen molar-refractivity contribution in [2.24, 2.45) is 5.92 Å². The number of fused-ring (bicyclic) bond motifs is 1. The van der Waals surface area contributed by atoms with Crippen molar-refractivity contribution < 1.29 is 14.9 Å². The standard InChI is InChI=1S/C9H17BO3P/c1-5-3-9(12)4-6(10-14)13-7(9)8(5,2)11/h5-7,11-12H,3-4,14H2,1-2H3/t5-,6+,7+,8+,9-/m0/s1. The first kappa shape index (κ1) is 10.9. The van der Waals surface area contributed by atoms with Crippen LogP contribution in [0.3, 0.4) is 0 Å². The highest BCUT2D eigenvalue weighted by molar-refractivity contribution is 7.55. The monoisotopic (exact) mass is 215 g/mol. The van der Waals surface area contributed by atoms with Gasteiger partial charge in [0.1, 0.15) is 6.10 Å². The Kier molecular flexibility index (Phi) is 2.47. The van der Waals surface area contributed by atoms with Gasteiger partial charge in [0.15, 0.2) is 7.00 Å². The van der Waals surface area contributed by atoms with Gasteiger partial charge in [0.2, 0.25) is 0 Å². The Morgan fingerprint density at radius 2 is 2.07 bits per heavy atom. The normalized spacial score (nSPS) is 57.4. The third-order valence-corrected chi connectivity index (χ3v) is 4.19. The molecule has 14 heavy (non-hydrogen) atoms. The fraction of sp³-hybridized carbons (Fsp3) is 1.00. The summed E-state index contributed by atoms with van der Waals surface area (Å²) in [6.45, 7) is 5.57. The third-order valence-electron chi connectivity index (χ3n) is 3.76. The molecule has 1 radical (unpaired) electrons. The zero-order valence-electron chi connectivity index (χ0n) is 8.60. The minimum Gasteiger partial charge on any atom is -0.387 e. The Balaban J connectivity index is 2.23. The van der Waals surface area contributed by atoms with Crippen molar-refractivity contribution in [1.29, 1.82) is 0 Å². The van der Waals surface area contributed by atoms with Gasteiger partial charge in [0.25, 0.3) is 0 Å². The van der Waals surface area contributed by atoms with E-state index in [-0.39, 0.29) is 11.9 Å². The maximum Gasteiger partial charge on any atom is 0.177 e. The molecule has 2 aliphatic rings. The van der Waals surface area contributed by atoms with Crippen LogP contribution in [0.25, 0.3) is 0 Å². The lowest BCUT2D eigenvalue weighted by atomic mass is 9.86. The van der Waals surface area contributed by atoms with Crippen LogP contribution in [0.2, 0.25) is 0 Å². The second-order valence-electron chi connectivity index (χ2n) is 4.89. The number of ether oxygens (including phenoxy) is 1. The molecule has 1 aliphatic heterocycles. The number of rotatable bonds is 1. The predicted octanol–water partition coefficient (Wildman–Crippen LogP) is 0.118. The van der Waals surface area contributed by atoms with Crippen molar-refractivity contribution in [3.8, 4) is 0 Å². The largest absolute Gasteiger partial charge is 0.387 e. The quantitative estimate of drug-likeness (QED) is 0.482. The number of aliphatic hydroxyl groups is 2. The van der Waals surface area contributed by atoms with E-state index < -0.39 is 17.3 Å². The highest BCUT2D eigenvalue weighted by Gasteiger charge is 2.62. The van der Waals surface area contributed by atoms with E-state index >= 15 is 0 Å². The van der Waals surface area contributed by atoms with Crippen LogP contribution < -0.4 is 0 Å². The van der Waals surface area contributed by atoms with Gasteiger partial charge in [-0.05, 0) is 25.7 Å². The first-order valence-corrected chi connectivity index (χ1v) is 5.72. The molecule has 2 rings (SSSR count). The molecule has 0 spiro atoms. The van der Waals surface area contributed by atoms with Crippen LogP contribution >= 0.6 is 9.12 Å². The van der Waals surface area contributed by atoms with Gasteiger partial charge in [-0.2, -0.15) is 9.12 Å². The Bertz CT molecular complexity index is 248. The summed E-state index contributed by atoms with van der Waals surface area (Å²) in [4.78, 5) is 0. The second kappa shape index (κ2) is 3.18. The number of hydrogen-bond acceptors (Lipinski definition) is 3. The average Bonchev–Trinajstić information content (AvgIpc) is 2.49. The topological polar surface area (TPSA) is 49.7 Å². The van der Waals surface area contributed by atoms with Crippen molar-refractivity contribution in [3.05, 3.63) is 0 Å². The van der Waals surface area contributed by atoms with Gasteiger partial charge >= 0.3 is 0 Å². The van der Waals surface area contributed by atoms with Crippen LogP contribution in [0, 0.1) is 5.92 Å². The smallest absolute Gasteiger partial charge is 0.177 e. The van der Waals surface area contributed by atoms with Crippen molar-refractivity contribution in [2.45, 2.75) is 50.0 Å². The second-order valence-corrected chi connectivity index (χ2v) is 5.27. The molecular formula is C9H17BO3P. The van der Waals surface area contributed by atoms with E-state index in [4.69, 9.17) is 4.74 Å². The average molecular weight is 215 g/mol. The van der Waals surface area contributed by atoms with Crippen molar-refractivity contribution in [2.75, 3.05) is 0 Å².